The molecule has 0 radical (unpaired) electrons. The van der Waals surface area contributed by atoms with Gasteiger partial charge in [-0.15, -0.1) is 0 Å². The molecule has 1 heterocycles. The first-order valence-corrected chi connectivity index (χ1v) is 3.79. The molecule has 0 aliphatic carbocycles. The lowest BCUT2D eigenvalue weighted by Crippen LogP contribution is -1.94. The lowest BCUT2D eigenvalue weighted by Gasteiger charge is -2.00. The van der Waals surface area contributed by atoms with E-state index in [0.717, 1.165) is 0 Å². The predicted molar refractivity (Wildman–Crippen MR) is 45.1 cm³/mol. The van der Waals surface area contributed by atoms with Crippen LogP contribution in [0.1, 0.15) is 0 Å². The van der Waals surface area contributed by atoms with Crippen molar-refractivity contribution in [2.45, 2.75) is 0 Å². The largest absolute Gasteiger partial charge is 0.480 e. The summed E-state index contributed by atoms with van der Waals surface area (Å²) in [7, 11) is 1.40. The van der Waals surface area contributed by atoms with Crippen molar-refractivity contribution in [3.63, 3.8) is 0 Å². The van der Waals surface area contributed by atoms with Crippen LogP contribution >= 0.6 is 15.9 Å². The molecule has 0 spiro atoms. The minimum Gasteiger partial charge on any atom is -0.480 e. The lowest BCUT2D eigenvalue weighted by molar-refractivity contribution is -0.385. The first-order valence-electron chi connectivity index (χ1n) is 2.99. The molecule has 0 aliphatic rings. The molecule has 64 valence electrons. The van der Waals surface area contributed by atoms with Crippen molar-refractivity contribution in [2.75, 3.05) is 7.11 Å². The average Bonchev–Trinajstić information content (AvgIpc) is 2.04. The van der Waals surface area contributed by atoms with Gasteiger partial charge in [-0.2, -0.15) is 0 Å². The summed E-state index contributed by atoms with van der Waals surface area (Å²) in [4.78, 5) is 13.6. The fourth-order valence-corrected chi connectivity index (χ4v) is 1.24. The Kier molecular flexibility index (Phi) is 2.59. The third-order valence-corrected chi connectivity index (χ3v) is 1.97. The van der Waals surface area contributed by atoms with E-state index in [0.29, 0.717) is 0 Å². The van der Waals surface area contributed by atoms with Gasteiger partial charge in [0.2, 0.25) is 5.88 Å². The molecule has 0 amide bonds. The van der Waals surface area contributed by atoms with Crippen LogP contribution in [0.25, 0.3) is 0 Å². The van der Waals surface area contributed by atoms with E-state index in [-0.39, 0.29) is 16.0 Å². The number of hydrogen-bond acceptors (Lipinski definition) is 4. The molecule has 0 saturated carbocycles. The number of halogens is 1. The molecule has 1 aromatic heterocycles. The van der Waals surface area contributed by atoms with E-state index >= 15 is 0 Å². The Morgan fingerprint density at radius 1 is 1.75 bits per heavy atom. The maximum atomic E-state index is 10.4. The SMILES string of the molecule is COc1nccc([N+](=O)[O-])c1Br. The zero-order valence-electron chi connectivity index (χ0n) is 6.15. The Hall–Kier alpha value is -1.17. The molecule has 5 nitrogen and oxygen atoms in total. The van der Waals surface area contributed by atoms with Gasteiger partial charge < -0.3 is 4.74 Å². The van der Waals surface area contributed by atoms with Gasteiger partial charge in [-0.25, -0.2) is 4.98 Å². The number of ether oxygens (including phenoxy) is 1. The second-order valence-corrected chi connectivity index (χ2v) is 2.70. The fraction of sp³-hybridized carbons (Fsp3) is 0.167. The topological polar surface area (TPSA) is 65.3 Å². The minimum absolute atomic E-state index is 0.0538. The maximum Gasteiger partial charge on any atom is 0.290 e. The standard InChI is InChI=1S/C6H5BrN2O3/c1-12-6-5(7)4(9(10)11)2-3-8-6/h2-3H,1H3. The number of rotatable bonds is 2. The highest BCUT2D eigenvalue weighted by Crippen LogP contribution is 2.31. The quantitative estimate of drug-likeness (QED) is 0.576. The number of aromatic nitrogens is 1. The van der Waals surface area contributed by atoms with Gasteiger partial charge in [-0.05, 0) is 15.9 Å². The molecule has 1 aromatic rings. The highest BCUT2D eigenvalue weighted by Gasteiger charge is 2.15. The number of pyridine rings is 1. The molecule has 0 fully saturated rings. The van der Waals surface area contributed by atoms with Crippen molar-refractivity contribution in [3.8, 4) is 5.88 Å². The summed E-state index contributed by atoms with van der Waals surface area (Å²) in [5.41, 5.74) is -0.0538. The first kappa shape index (κ1) is 8.92. The molecule has 0 aromatic carbocycles. The summed E-state index contributed by atoms with van der Waals surface area (Å²) in [5, 5.41) is 10.4. The van der Waals surface area contributed by atoms with Crippen molar-refractivity contribution in [1.29, 1.82) is 0 Å². The molecule has 0 unspecified atom stereocenters. The van der Waals surface area contributed by atoms with Crippen molar-refractivity contribution in [2.24, 2.45) is 0 Å². The number of nitro groups is 1. The van der Waals surface area contributed by atoms with Crippen LogP contribution in [0.3, 0.4) is 0 Å². The smallest absolute Gasteiger partial charge is 0.290 e. The minimum atomic E-state index is -0.506. The average molecular weight is 233 g/mol. The van der Waals surface area contributed by atoms with E-state index in [1.807, 2.05) is 0 Å². The lowest BCUT2D eigenvalue weighted by atomic mass is 10.4. The third-order valence-electron chi connectivity index (χ3n) is 1.23. The summed E-state index contributed by atoms with van der Waals surface area (Å²) < 4.78 is 5.03. The Balaban J connectivity index is 3.23. The van der Waals surface area contributed by atoms with Gasteiger partial charge in [-0.1, -0.05) is 0 Å². The van der Waals surface area contributed by atoms with Crippen molar-refractivity contribution < 1.29 is 9.66 Å². The molecule has 0 N–H and O–H groups in total. The van der Waals surface area contributed by atoms with E-state index in [1.165, 1.54) is 19.4 Å². The molecule has 0 saturated heterocycles. The van der Waals surface area contributed by atoms with E-state index in [1.54, 1.807) is 0 Å². The molecule has 0 atom stereocenters. The van der Waals surface area contributed by atoms with Crippen LogP contribution in [0.5, 0.6) is 5.88 Å². The summed E-state index contributed by atoms with van der Waals surface area (Å²) in [6.45, 7) is 0. The van der Waals surface area contributed by atoms with Crippen LogP contribution in [0.2, 0.25) is 0 Å². The van der Waals surface area contributed by atoms with Crippen molar-refractivity contribution in [3.05, 3.63) is 26.9 Å². The monoisotopic (exact) mass is 232 g/mol. The Morgan fingerprint density at radius 2 is 2.42 bits per heavy atom. The second-order valence-electron chi connectivity index (χ2n) is 1.91. The molecule has 6 heteroatoms. The highest BCUT2D eigenvalue weighted by atomic mass is 79.9. The second kappa shape index (κ2) is 3.48. The summed E-state index contributed by atoms with van der Waals surface area (Å²) in [6.07, 6.45) is 1.32. The van der Waals surface area contributed by atoms with E-state index in [9.17, 15) is 10.1 Å². The predicted octanol–water partition coefficient (Wildman–Crippen LogP) is 1.76. The van der Waals surface area contributed by atoms with E-state index in [2.05, 4.69) is 20.9 Å². The van der Waals surface area contributed by atoms with Gasteiger partial charge >= 0.3 is 0 Å². The van der Waals surface area contributed by atoms with E-state index in [4.69, 9.17) is 4.74 Å². The molecule has 12 heavy (non-hydrogen) atoms. The van der Waals surface area contributed by atoms with Crippen LogP contribution in [0.15, 0.2) is 16.7 Å². The number of methoxy groups -OCH3 is 1. The van der Waals surface area contributed by atoms with Gasteiger partial charge in [0.05, 0.1) is 12.0 Å². The van der Waals surface area contributed by atoms with Crippen molar-refractivity contribution in [1.82, 2.24) is 4.98 Å². The molecule has 0 bridgehead atoms. The first-order chi connectivity index (χ1) is 5.66. The van der Waals surface area contributed by atoms with Gasteiger partial charge in [0.15, 0.2) is 4.47 Å². The van der Waals surface area contributed by atoms with Gasteiger partial charge in [0.1, 0.15) is 0 Å². The molecule has 1 rings (SSSR count). The summed E-state index contributed by atoms with van der Waals surface area (Å²) >= 11 is 3.01. The zero-order chi connectivity index (χ0) is 9.14. The third kappa shape index (κ3) is 1.53. The Labute approximate surface area is 76.7 Å². The van der Waals surface area contributed by atoms with E-state index < -0.39 is 4.92 Å². The Morgan fingerprint density at radius 3 is 2.92 bits per heavy atom. The zero-order valence-corrected chi connectivity index (χ0v) is 7.74. The Bertz CT molecular complexity index is 316. The van der Waals surface area contributed by atoms with Gasteiger partial charge in [-0.3, -0.25) is 10.1 Å². The van der Waals surface area contributed by atoms with Crippen LogP contribution in [0.4, 0.5) is 5.69 Å². The highest BCUT2D eigenvalue weighted by molar-refractivity contribution is 9.10. The molecule has 0 aliphatic heterocycles. The summed E-state index contributed by atoms with van der Waals surface area (Å²) in [5.74, 6) is 0.212. The van der Waals surface area contributed by atoms with Gasteiger partial charge in [0.25, 0.3) is 5.69 Å². The van der Waals surface area contributed by atoms with Crippen LogP contribution in [0, 0.1) is 10.1 Å². The molecular weight excluding hydrogens is 228 g/mol. The van der Waals surface area contributed by atoms with Crippen LogP contribution < -0.4 is 4.74 Å². The fourth-order valence-electron chi connectivity index (χ4n) is 0.698. The maximum absolute atomic E-state index is 10.4. The number of nitrogens with zero attached hydrogens (tertiary/aromatic N) is 2. The normalized spacial score (nSPS) is 9.50. The van der Waals surface area contributed by atoms with Gasteiger partial charge in [0, 0.05) is 12.3 Å². The number of hydrogen-bond donors (Lipinski definition) is 0. The van der Waals surface area contributed by atoms with Crippen LogP contribution in [-0.4, -0.2) is 17.0 Å². The van der Waals surface area contributed by atoms with Crippen molar-refractivity contribution >= 4 is 21.6 Å². The van der Waals surface area contributed by atoms with Crippen LogP contribution in [-0.2, 0) is 0 Å². The molecular formula is C6H5BrN2O3. The summed E-state index contributed by atoms with van der Waals surface area (Å²) in [6, 6.07) is 1.30.